The first-order valence-corrected chi connectivity index (χ1v) is 7.20. The van der Waals surface area contributed by atoms with Crippen LogP contribution < -0.4 is 5.32 Å². The van der Waals surface area contributed by atoms with Gasteiger partial charge in [-0.3, -0.25) is 0 Å². The number of benzene rings is 2. The maximum atomic E-state index is 13.2. The van der Waals surface area contributed by atoms with Crippen molar-refractivity contribution in [3.63, 3.8) is 0 Å². The number of rotatable bonds is 4. The molecule has 0 aliphatic heterocycles. The lowest BCUT2D eigenvalue weighted by atomic mass is 9.73. The van der Waals surface area contributed by atoms with Crippen LogP contribution in [0.1, 0.15) is 40.6 Å². The van der Waals surface area contributed by atoms with Crippen molar-refractivity contribution in [2.24, 2.45) is 0 Å². The highest BCUT2D eigenvalue weighted by Gasteiger charge is 2.28. The fraction of sp³-hybridized carbons (Fsp3) is 0.333. The summed E-state index contributed by atoms with van der Waals surface area (Å²) in [7, 11) is 1.98. The van der Waals surface area contributed by atoms with Crippen LogP contribution in [0, 0.1) is 12.7 Å². The Morgan fingerprint density at radius 1 is 1.25 bits per heavy atom. The van der Waals surface area contributed by atoms with Gasteiger partial charge in [-0.2, -0.15) is 0 Å². The normalized spacial score (nSPS) is 18.2. The van der Waals surface area contributed by atoms with E-state index in [-0.39, 0.29) is 11.9 Å². The molecule has 1 N–H and O–H groups in total. The number of hydrogen-bond donors (Lipinski definition) is 1. The predicted octanol–water partition coefficient (Wildman–Crippen LogP) is 4.12. The van der Waals surface area contributed by atoms with Gasteiger partial charge in [0.25, 0.3) is 0 Å². The number of aryl methyl sites for hydroxylation is 1. The van der Waals surface area contributed by atoms with Gasteiger partial charge in [0.15, 0.2) is 0 Å². The summed E-state index contributed by atoms with van der Waals surface area (Å²) in [4.78, 5) is 0. The minimum absolute atomic E-state index is 0.157. The largest absolute Gasteiger partial charge is 0.313 e. The topological polar surface area (TPSA) is 12.0 Å². The molecule has 0 saturated heterocycles. The summed E-state index contributed by atoms with van der Waals surface area (Å²) < 4.78 is 13.2. The molecule has 104 valence electrons. The lowest BCUT2D eigenvalue weighted by molar-refractivity contribution is 0.450. The molecule has 2 heteroatoms. The van der Waals surface area contributed by atoms with Crippen LogP contribution in [-0.2, 0) is 6.42 Å². The Morgan fingerprint density at radius 3 is 2.75 bits per heavy atom. The van der Waals surface area contributed by atoms with E-state index in [1.165, 1.54) is 16.7 Å². The first-order chi connectivity index (χ1) is 9.69. The molecule has 2 aromatic carbocycles. The van der Waals surface area contributed by atoms with Crippen molar-refractivity contribution < 1.29 is 4.39 Å². The zero-order chi connectivity index (χ0) is 14.1. The van der Waals surface area contributed by atoms with Gasteiger partial charge in [-0.25, -0.2) is 4.39 Å². The quantitative estimate of drug-likeness (QED) is 0.880. The molecule has 0 radical (unpaired) electrons. The molecule has 0 spiro atoms. The van der Waals surface area contributed by atoms with Crippen LogP contribution in [0.25, 0.3) is 0 Å². The van der Waals surface area contributed by atoms with E-state index in [0.717, 1.165) is 18.4 Å². The van der Waals surface area contributed by atoms with Gasteiger partial charge in [-0.05, 0) is 67.1 Å². The smallest absolute Gasteiger partial charge is 0.123 e. The molecule has 2 aromatic rings. The third-order valence-corrected chi connectivity index (χ3v) is 4.44. The van der Waals surface area contributed by atoms with Gasteiger partial charge in [0.1, 0.15) is 5.82 Å². The van der Waals surface area contributed by atoms with Crippen molar-refractivity contribution in [2.45, 2.75) is 31.7 Å². The van der Waals surface area contributed by atoms with Gasteiger partial charge in [0, 0.05) is 6.04 Å². The van der Waals surface area contributed by atoms with E-state index < -0.39 is 0 Å². The molecule has 0 aromatic heterocycles. The first kappa shape index (κ1) is 13.3. The summed E-state index contributed by atoms with van der Waals surface area (Å²) in [6.45, 7) is 1.98. The molecular formula is C18H20FN. The third-order valence-electron chi connectivity index (χ3n) is 4.44. The lowest BCUT2D eigenvalue weighted by Gasteiger charge is -2.33. The zero-order valence-corrected chi connectivity index (χ0v) is 12.0. The van der Waals surface area contributed by atoms with Crippen molar-refractivity contribution in [3.8, 4) is 0 Å². The average molecular weight is 269 g/mol. The van der Waals surface area contributed by atoms with E-state index in [0.29, 0.717) is 5.92 Å². The van der Waals surface area contributed by atoms with E-state index in [1.807, 2.05) is 20.0 Å². The van der Waals surface area contributed by atoms with Crippen molar-refractivity contribution in [3.05, 3.63) is 70.5 Å². The Bertz CT molecular complexity index is 621. The summed E-state index contributed by atoms with van der Waals surface area (Å²) in [6, 6.07) is 14.0. The van der Waals surface area contributed by atoms with Crippen LogP contribution >= 0.6 is 0 Å². The number of hydrogen-bond acceptors (Lipinski definition) is 1. The summed E-state index contributed by atoms with van der Waals surface area (Å²) in [5.74, 6) is 0.461. The van der Waals surface area contributed by atoms with Gasteiger partial charge in [-0.1, -0.05) is 30.3 Å². The highest BCUT2D eigenvalue weighted by molar-refractivity contribution is 5.40. The van der Waals surface area contributed by atoms with Crippen molar-refractivity contribution in [1.29, 1.82) is 0 Å². The maximum absolute atomic E-state index is 13.2. The molecule has 2 atom stereocenters. The van der Waals surface area contributed by atoms with Crippen molar-refractivity contribution in [2.75, 3.05) is 7.05 Å². The number of halogens is 1. The molecule has 0 amide bonds. The first-order valence-electron chi connectivity index (χ1n) is 7.20. The van der Waals surface area contributed by atoms with Crippen LogP contribution in [0.4, 0.5) is 4.39 Å². The number of nitrogens with one attached hydrogen (secondary N) is 1. The number of fused-ring (bicyclic) bond motifs is 1. The second kappa shape index (κ2) is 5.37. The van der Waals surface area contributed by atoms with E-state index in [4.69, 9.17) is 0 Å². The van der Waals surface area contributed by atoms with Gasteiger partial charge < -0.3 is 5.32 Å². The summed E-state index contributed by atoms with van der Waals surface area (Å²) in [6.07, 6.45) is 2.23. The average Bonchev–Trinajstić information content (AvgIpc) is 2.41. The second-order valence-corrected chi connectivity index (χ2v) is 5.68. The van der Waals surface area contributed by atoms with Gasteiger partial charge in [0.05, 0.1) is 0 Å². The van der Waals surface area contributed by atoms with Crippen LogP contribution in [0.5, 0.6) is 0 Å². The molecule has 1 nitrogen and oxygen atoms in total. The molecule has 20 heavy (non-hydrogen) atoms. The molecule has 0 bridgehead atoms. The molecule has 0 heterocycles. The van der Waals surface area contributed by atoms with E-state index in [1.54, 1.807) is 12.1 Å². The summed E-state index contributed by atoms with van der Waals surface area (Å²) in [5.41, 5.74) is 5.19. The highest BCUT2D eigenvalue weighted by Crippen LogP contribution is 2.41. The van der Waals surface area contributed by atoms with Crippen molar-refractivity contribution in [1.82, 2.24) is 5.32 Å². The summed E-state index contributed by atoms with van der Waals surface area (Å²) in [5, 5.41) is 3.39. The highest BCUT2D eigenvalue weighted by atomic mass is 19.1. The summed E-state index contributed by atoms with van der Waals surface area (Å²) >= 11 is 0. The molecule has 3 rings (SSSR count). The van der Waals surface area contributed by atoms with Crippen LogP contribution in [0.2, 0.25) is 0 Å². The predicted molar refractivity (Wildman–Crippen MR) is 80.4 cm³/mol. The van der Waals surface area contributed by atoms with Gasteiger partial charge in [-0.15, -0.1) is 0 Å². The van der Waals surface area contributed by atoms with Crippen LogP contribution in [0.15, 0.2) is 42.5 Å². The minimum Gasteiger partial charge on any atom is -0.313 e. The molecule has 0 saturated carbocycles. The molecule has 1 aliphatic carbocycles. The minimum atomic E-state index is -0.157. The fourth-order valence-electron chi connectivity index (χ4n) is 3.29. The fourth-order valence-corrected chi connectivity index (χ4v) is 3.29. The Balaban J connectivity index is 1.79. The van der Waals surface area contributed by atoms with E-state index in [9.17, 15) is 4.39 Å². The molecular weight excluding hydrogens is 249 g/mol. The molecule has 0 fully saturated rings. The van der Waals surface area contributed by atoms with Crippen LogP contribution in [-0.4, -0.2) is 7.05 Å². The molecule has 2 unspecified atom stereocenters. The van der Waals surface area contributed by atoms with Gasteiger partial charge in [0.2, 0.25) is 0 Å². The SMILES string of the molecule is CNC(CC1Cc2ccccc21)c1ccc(F)cc1C. The Kier molecular flexibility index (Phi) is 3.58. The molecule has 1 aliphatic rings. The Morgan fingerprint density at radius 2 is 2.05 bits per heavy atom. The third kappa shape index (κ3) is 2.36. The Hall–Kier alpha value is -1.67. The van der Waals surface area contributed by atoms with Gasteiger partial charge >= 0.3 is 0 Å². The second-order valence-electron chi connectivity index (χ2n) is 5.68. The lowest BCUT2D eigenvalue weighted by Crippen LogP contribution is -2.25. The standard InChI is InChI=1S/C18H20FN/c1-12-9-15(19)7-8-16(12)18(20-2)11-14-10-13-5-3-4-6-17(13)14/h3-9,14,18,20H,10-11H2,1-2H3. The Labute approximate surface area is 119 Å². The van der Waals surface area contributed by atoms with E-state index >= 15 is 0 Å². The monoisotopic (exact) mass is 269 g/mol. The van der Waals surface area contributed by atoms with Crippen LogP contribution in [0.3, 0.4) is 0 Å². The zero-order valence-electron chi connectivity index (χ0n) is 12.0. The maximum Gasteiger partial charge on any atom is 0.123 e. The van der Waals surface area contributed by atoms with Crippen molar-refractivity contribution >= 4 is 0 Å². The van der Waals surface area contributed by atoms with E-state index in [2.05, 4.69) is 29.6 Å².